The Bertz CT molecular complexity index is 473. The van der Waals surface area contributed by atoms with Crippen molar-refractivity contribution in [1.29, 1.82) is 0 Å². The maximum absolute atomic E-state index is 12.1. The Hall–Kier alpha value is -2.97. The molecule has 0 aliphatic carbocycles. The lowest BCUT2D eigenvalue weighted by Crippen LogP contribution is -2.38. The Morgan fingerprint density at radius 2 is 1.57 bits per heavy atom. The van der Waals surface area contributed by atoms with Gasteiger partial charge in [0.15, 0.2) is 0 Å². The minimum absolute atomic E-state index is 0.0405. The maximum Gasteiger partial charge on any atom is 0.333 e. The lowest BCUT2D eigenvalue weighted by molar-refractivity contribution is -0.141. The summed E-state index contributed by atoms with van der Waals surface area (Å²) >= 11 is 0. The van der Waals surface area contributed by atoms with Crippen LogP contribution in [0.25, 0.3) is 0 Å². The Kier molecular flexibility index (Phi) is 25.8. The lowest BCUT2D eigenvalue weighted by Gasteiger charge is -2.21. The first-order valence-corrected chi connectivity index (χ1v) is 8.22. The summed E-state index contributed by atoms with van der Waals surface area (Å²) < 4.78 is 4.97. The van der Waals surface area contributed by atoms with Crippen molar-refractivity contribution < 1.29 is 38.3 Å². The van der Waals surface area contributed by atoms with Crippen molar-refractivity contribution in [3.63, 3.8) is 0 Å². The van der Waals surface area contributed by atoms with Gasteiger partial charge >= 0.3 is 5.97 Å². The molecular weight excluding hydrogens is 370 g/mol. The minimum atomic E-state index is -0.417. The zero-order chi connectivity index (χ0) is 23.3. The van der Waals surface area contributed by atoms with Gasteiger partial charge in [-0.25, -0.2) is 4.79 Å². The monoisotopic (exact) mass is 401 g/mol. The second kappa shape index (κ2) is 22.1. The van der Waals surface area contributed by atoms with Crippen LogP contribution < -0.4 is 0 Å². The summed E-state index contributed by atoms with van der Waals surface area (Å²) in [4.78, 5) is 68.5. The molecule has 2 atom stereocenters. The van der Waals surface area contributed by atoms with Crippen LogP contribution in [0.1, 0.15) is 46.5 Å². The van der Waals surface area contributed by atoms with Crippen LogP contribution in [-0.2, 0) is 38.3 Å². The normalized spacial score (nSPS) is 15.0. The van der Waals surface area contributed by atoms with E-state index in [-0.39, 0.29) is 36.8 Å². The molecule has 1 fully saturated rings. The van der Waals surface area contributed by atoms with Gasteiger partial charge in [0.25, 0.3) is 0 Å². The van der Waals surface area contributed by atoms with Crippen molar-refractivity contribution >= 4 is 44.9 Å². The molecule has 0 aromatic rings. The van der Waals surface area contributed by atoms with Crippen LogP contribution in [0.5, 0.6) is 0 Å². The number of carbonyl (C=O) groups excluding carboxylic acids is 7. The molecule has 28 heavy (non-hydrogen) atoms. The predicted octanol–water partition coefficient (Wildman–Crippen LogP) is 1.32. The highest BCUT2D eigenvalue weighted by Crippen LogP contribution is 2.26. The van der Waals surface area contributed by atoms with Gasteiger partial charge in [0.05, 0.1) is 6.61 Å². The summed E-state index contributed by atoms with van der Waals surface area (Å²) in [5.41, 5.74) is 0.361. The Labute approximate surface area is 166 Å². The number of hydrogen-bond acceptors (Lipinski definition) is 8. The average molecular weight is 401 g/mol. The van der Waals surface area contributed by atoms with Crippen LogP contribution in [0, 0.1) is 5.92 Å². The van der Waals surface area contributed by atoms with Crippen molar-refractivity contribution in [3.05, 3.63) is 12.2 Å². The first-order valence-electron chi connectivity index (χ1n) is 8.22. The number of carbonyl (C=O) groups is 7. The molecule has 0 spiro atoms. The molecule has 0 saturated carbocycles. The van der Waals surface area contributed by atoms with Crippen LogP contribution in [0.2, 0.25) is 0 Å². The van der Waals surface area contributed by atoms with Crippen molar-refractivity contribution in [3.8, 4) is 0 Å². The molecule has 1 saturated heterocycles. The van der Waals surface area contributed by atoms with Gasteiger partial charge in [0.2, 0.25) is 11.8 Å². The Morgan fingerprint density at radius 1 is 1.11 bits per heavy atom. The number of imide groups is 1. The maximum atomic E-state index is 12.1. The van der Waals surface area contributed by atoms with Crippen LogP contribution in [0.3, 0.4) is 0 Å². The summed E-state index contributed by atoms with van der Waals surface area (Å²) in [5, 5.41) is 0. The number of esters is 1. The molecule has 2 amide bonds. The van der Waals surface area contributed by atoms with Gasteiger partial charge in [-0.1, -0.05) is 13.5 Å². The highest BCUT2D eigenvalue weighted by Gasteiger charge is 2.39. The Balaban J connectivity index is -0.000000318. The first-order chi connectivity index (χ1) is 13.4. The fourth-order valence-corrected chi connectivity index (χ4v) is 2.20. The van der Waals surface area contributed by atoms with Gasteiger partial charge in [-0.3, -0.25) is 14.5 Å². The number of likely N-dealkylation sites (tertiary alicyclic amines) is 1. The van der Waals surface area contributed by atoms with E-state index in [1.807, 2.05) is 41.0 Å². The van der Waals surface area contributed by atoms with E-state index in [2.05, 4.69) is 6.58 Å². The third-order valence-corrected chi connectivity index (χ3v) is 3.59. The van der Waals surface area contributed by atoms with Crippen LogP contribution in [0.4, 0.5) is 0 Å². The highest BCUT2D eigenvalue weighted by atomic mass is 16.5. The summed E-state index contributed by atoms with van der Waals surface area (Å²) in [5.74, 6) is -0.857. The number of amides is 2. The van der Waals surface area contributed by atoms with Crippen LogP contribution in [-0.4, -0.2) is 62.5 Å². The van der Waals surface area contributed by atoms with Gasteiger partial charge in [-0.2, -0.15) is 0 Å². The summed E-state index contributed by atoms with van der Waals surface area (Å²) in [6, 6.07) is -0.0405. The molecule has 1 heterocycles. The zero-order valence-electron chi connectivity index (χ0n) is 16.9. The van der Waals surface area contributed by atoms with Crippen LogP contribution in [0.15, 0.2) is 12.2 Å². The van der Waals surface area contributed by atoms with Crippen molar-refractivity contribution in [2.45, 2.75) is 52.5 Å². The largest absolute Gasteiger partial charge is 0.462 e. The summed E-state index contributed by atoms with van der Waals surface area (Å²) in [6.45, 7) is 17.2. The molecule has 9 nitrogen and oxygen atoms in total. The summed E-state index contributed by atoms with van der Waals surface area (Å²) in [6.07, 6.45) is 2.19. The second-order valence-electron chi connectivity index (χ2n) is 5.32. The second-order valence-corrected chi connectivity index (χ2v) is 5.32. The molecule has 0 N–H and O–H groups in total. The van der Waals surface area contributed by atoms with Gasteiger partial charge in [-0.05, 0) is 33.1 Å². The molecule has 1 aliphatic rings. The highest BCUT2D eigenvalue weighted by molar-refractivity contribution is 6.03. The molecule has 160 valence electrons. The average Bonchev–Trinajstić information content (AvgIpc) is 3.03. The molecule has 0 aromatic heterocycles. The molecule has 0 bridgehead atoms. The first kappa shape index (κ1) is 32.7. The topological polar surface area (TPSA) is 132 Å². The van der Waals surface area contributed by atoms with Gasteiger partial charge < -0.3 is 23.9 Å². The molecule has 0 aromatic carbocycles. The van der Waals surface area contributed by atoms with E-state index in [9.17, 15) is 14.4 Å². The van der Waals surface area contributed by atoms with Gasteiger partial charge in [-0.15, -0.1) is 0 Å². The van der Waals surface area contributed by atoms with E-state index >= 15 is 0 Å². The van der Waals surface area contributed by atoms with Crippen molar-refractivity contribution in [2.75, 3.05) is 6.61 Å². The fourth-order valence-electron chi connectivity index (χ4n) is 2.20. The minimum Gasteiger partial charge on any atom is -0.462 e. The van der Waals surface area contributed by atoms with E-state index in [0.29, 0.717) is 18.4 Å². The third-order valence-electron chi connectivity index (χ3n) is 3.59. The summed E-state index contributed by atoms with van der Waals surface area (Å²) in [7, 11) is 0. The van der Waals surface area contributed by atoms with E-state index < -0.39 is 5.97 Å². The van der Waals surface area contributed by atoms with Gasteiger partial charge in [0, 0.05) is 24.0 Å². The van der Waals surface area contributed by atoms with E-state index in [0.717, 1.165) is 6.42 Å². The molecule has 1 rings (SSSR count). The fraction of sp³-hybridized carbons (Fsp3) is 0.526. The van der Waals surface area contributed by atoms with Crippen LogP contribution >= 0.6 is 0 Å². The number of hydrogen-bond donors (Lipinski definition) is 0. The molecule has 2 unspecified atom stereocenters. The van der Waals surface area contributed by atoms with E-state index in [1.165, 1.54) is 4.90 Å². The number of rotatable bonds is 7. The molecule has 1 aliphatic heterocycles. The quantitative estimate of drug-likeness (QED) is 0.270. The smallest absolute Gasteiger partial charge is 0.333 e. The van der Waals surface area contributed by atoms with Crippen molar-refractivity contribution in [1.82, 2.24) is 4.90 Å². The molecule has 0 radical (unpaired) electrons. The van der Waals surface area contributed by atoms with E-state index in [1.54, 1.807) is 6.92 Å². The number of nitrogens with zero attached hydrogens (tertiary/aromatic N) is 1. The van der Waals surface area contributed by atoms with Gasteiger partial charge in [0.1, 0.15) is 27.2 Å². The van der Waals surface area contributed by atoms with Crippen molar-refractivity contribution in [2.24, 2.45) is 5.92 Å². The predicted molar refractivity (Wildman–Crippen MR) is 103 cm³/mol. The van der Waals surface area contributed by atoms with E-state index in [4.69, 9.17) is 23.9 Å². The third kappa shape index (κ3) is 12.4. The molecular formula is C19H31NO8. The lowest BCUT2D eigenvalue weighted by atomic mass is 10.0. The Morgan fingerprint density at radius 3 is 1.96 bits per heavy atom. The standard InChI is InChI=1S/C15H23NO4.4CH2O/c1-5-11(4)16-13(17)9-12(14(16)18)7-6-8-20-15(19)10(2)3;4*1-2/h11-12H,2,5-9H2,1,3-4H3;4*1H2. The number of ether oxygens (including phenoxy) is 1. The zero-order valence-corrected chi connectivity index (χ0v) is 16.9. The SMILES string of the molecule is C=C(C)C(=O)OCCCC1CC(=O)N(C(C)CC)C1=O.C=O.C=O.C=O.C=O. The molecule has 9 heteroatoms.